The molecule has 21 heavy (non-hydrogen) atoms. The molecule has 2 heterocycles. The number of aromatic nitrogens is 2. The van der Waals surface area contributed by atoms with Crippen LogP contribution in [-0.4, -0.2) is 23.1 Å². The van der Waals surface area contributed by atoms with E-state index in [1.54, 1.807) is 11.3 Å². The number of nitrogens with one attached hydrogen (secondary N) is 2. The monoisotopic (exact) mass is 304 g/mol. The molecule has 0 amide bonds. The van der Waals surface area contributed by atoms with Crippen LogP contribution in [0.1, 0.15) is 49.8 Å². The Bertz CT molecular complexity index is 600. The number of hydrogen-bond acceptors (Lipinski definition) is 5. The van der Waals surface area contributed by atoms with Gasteiger partial charge in [0.15, 0.2) is 0 Å². The van der Waals surface area contributed by atoms with Crippen LogP contribution in [0.5, 0.6) is 0 Å². The van der Waals surface area contributed by atoms with Gasteiger partial charge in [-0.1, -0.05) is 32.1 Å². The van der Waals surface area contributed by atoms with E-state index in [-0.39, 0.29) is 0 Å². The summed E-state index contributed by atoms with van der Waals surface area (Å²) in [5, 5.41) is 7.93. The Labute approximate surface area is 130 Å². The van der Waals surface area contributed by atoms with Crippen molar-refractivity contribution in [2.45, 2.75) is 57.9 Å². The third-order valence-electron chi connectivity index (χ3n) is 4.19. The molecular weight excluding hydrogens is 280 g/mol. The molecule has 0 saturated heterocycles. The van der Waals surface area contributed by atoms with Crippen molar-refractivity contribution in [1.29, 1.82) is 0 Å². The maximum absolute atomic E-state index is 4.65. The standard InChI is InChI=1S/C16H24N4S/c1-11-10-13-14(19-16(17-2)20-15(13)21-11)18-12-8-6-4-3-5-7-9-12/h10,12H,3-9H2,1-2H3,(H2,17,18,19,20). The minimum atomic E-state index is 0.549. The van der Waals surface area contributed by atoms with Gasteiger partial charge in [0.2, 0.25) is 5.95 Å². The van der Waals surface area contributed by atoms with Crippen LogP contribution in [0.3, 0.4) is 0 Å². The molecule has 114 valence electrons. The zero-order valence-electron chi connectivity index (χ0n) is 12.9. The second-order valence-corrected chi connectivity index (χ2v) is 7.14. The third-order valence-corrected chi connectivity index (χ3v) is 5.13. The Kier molecular flexibility index (Phi) is 4.58. The van der Waals surface area contributed by atoms with Gasteiger partial charge < -0.3 is 10.6 Å². The molecule has 0 unspecified atom stereocenters. The first kappa shape index (κ1) is 14.6. The van der Waals surface area contributed by atoms with Gasteiger partial charge in [0, 0.05) is 18.0 Å². The number of anilines is 2. The lowest BCUT2D eigenvalue weighted by atomic mass is 9.97. The first-order valence-electron chi connectivity index (χ1n) is 7.99. The number of fused-ring (bicyclic) bond motifs is 1. The molecule has 1 aliphatic carbocycles. The summed E-state index contributed by atoms with van der Waals surface area (Å²) in [5.41, 5.74) is 0. The first-order chi connectivity index (χ1) is 10.3. The molecule has 2 aromatic rings. The number of hydrogen-bond donors (Lipinski definition) is 2. The maximum atomic E-state index is 4.65. The lowest BCUT2D eigenvalue weighted by Crippen LogP contribution is -2.21. The smallest absolute Gasteiger partial charge is 0.225 e. The van der Waals surface area contributed by atoms with Crippen LogP contribution in [0.4, 0.5) is 11.8 Å². The van der Waals surface area contributed by atoms with Crippen LogP contribution in [0, 0.1) is 6.92 Å². The number of aryl methyl sites for hydroxylation is 1. The van der Waals surface area contributed by atoms with Gasteiger partial charge in [0.05, 0.1) is 5.39 Å². The van der Waals surface area contributed by atoms with E-state index in [0.29, 0.717) is 12.0 Å². The topological polar surface area (TPSA) is 49.8 Å². The lowest BCUT2D eigenvalue weighted by Gasteiger charge is -2.22. The summed E-state index contributed by atoms with van der Waals surface area (Å²) < 4.78 is 0. The SMILES string of the molecule is CNc1nc(NC2CCCCCCC2)c2cc(C)sc2n1. The van der Waals surface area contributed by atoms with Crippen LogP contribution >= 0.6 is 11.3 Å². The van der Waals surface area contributed by atoms with Crippen molar-refractivity contribution in [2.75, 3.05) is 17.7 Å². The van der Waals surface area contributed by atoms with Crippen LogP contribution in [0.15, 0.2) is 6.07 Å². The minimum Gasteiger partial charge on any atom is -0.367 e. The van der Waals surface area contributed by atoms with Gasteiger partial charge in [0.25, 0.3) is 0 Å². The molecule has 1 aliphatic rings. The van der Waals surface area contributed by atoms with Gasteiger partial charge >= 0.3 is 0 Å². The molecule has 0 bridgehead atoms. The second-order valence-electron chi connectivity index (χ2n) is 5.91. The fourth-order valence-electron chi connectivity index (χ4n) is 3.06. The van der Waals surface area contributed by atoms with Gasteiger partial charge in [-0.15, -0.1) is 11.3 Å². The molecule has 0 atom stereocenters. The Hall–Kier alpha value is -1.36. The van der Waals surface area contributed by atoms with E-state index in [2.05, 4.69) is 33.6 Å². The summed E-state index contributed by atoms with van der Waals surface area (Å²) in [5.74, 6) is 1.71. The van der Waals surface area contributed by atoms with E-state index >= 15 is 0 Å². The highest BCUT2D eigenvalue weighted by atomic mass is 32.1. The summed E-state index contributed by atoms with van der Waals surface area (Å²) in [7, 11) is 1.88. The van der Waals surface area contributed by atoms with E-state index < -0.39 is 0 Å². The molecule has 4 nitrogen and oxygen atoms in total. The third kappa shape index (κ3) is 3.46. The summed E-state index contributed by atoms with van der Waals surface area (Å²) in [6, 6.07) is 2.75. The van der Waals surface area contributed by atoms with Crippen molar-refractivity contribution < 1.29 is 0 Å². The molecule has 2 aromatic heterocycles. The zero-order chi connectivity index (χ0) is 14.7. The molecule has 3 rings (SSSR count). The quantitative estimate of drug-likeness (QED) is 0.872. The van der Waals surface area contributed by atoms with Crippen molar-refractivity contribution in [2.24, 2.45) is 0 Å². The Morgan fingerprint density at radius 3 is 2.52 bits per heavy atom. The van der Waals surface area contributed by atoms with E-state index in [1.807, 2.05) is 7.05 Å². The molecule has 5 heteroatoms. The lowest BCUT2D eigenvalue weighted by molar-refractivity contribution is 0.471. The number of rotatable bonds is 3. The van der Waals surface area contributed by atoms with Crippen molar-refractivity contribution in [3.05, 3.63) is 10.9 Å². The van der Waals surface area contributed by atoms with E-state index in [0.717, 1.165) is 10.6 Å². The molecule has 2 N–H and O–H groups in total. The van der Waals surface area contributed by atoms with Crippen LogP contribution in [0.25, 0.3) is 10.2 Å². The normalized spacial score (nSPS) is 17.4. The van der Waals surface area contributed by atoms with Crippen LogP contribution < -0.4 is 10.6 Å². The summed E-state index contributed by atoms with van der Waals surface area (Å²) in [4.78, 5) is 11.6. The van der Waals surface area contributed by atoms with E-state index in [4.69, 9.17) is 0 Å². The Morgan fingerprint density at radius 2 is 1.81 bits per heavy atom. The Morgan fingerprint density at radius 1 is 1.10 bits per heavy atom. The molecule has 0 aromatic carbocycles. The van der Waals surface area contributed by atoms with Gasteiger partial charge in [-0.05, 0) is 25.8 Å². The van der Waals surface area contributed by atoms with Crippen molar-refractivity contribution in [3.8, 4) is 0 Å². The van der Waals surface area contributed by atoms with Gasteiger partial charge in [-0.2, -0.15) is 4.98 Å². The highest BCUT2D eigenvalue weighted by Gasteiger charge is 2.15. The van der Waals surface area contributed by atoms with E-state index in [1.165, 1.54) is 55.2 Å². The van der Waals surface area contributed by atoms with Crippen LogP contribution in [0.2, 0.25) is 0 Å². The Balaban J connectivity index is 1.87. The van der Waals surface area contributed by atoms with Crippen molar-refractivity contribution in [1.82, 2.24) is 9.97 Å². The molecule has 0 radical (unpaired) electrons. The number of nitrogens with zero attached hydrogens (tertiary/aromatic N) is 2. The average Bonchev–Trinajstić information content (AvgIpc) is 2.81. The average molecular weight is 304 g/mol. The second kappa shape index (κ2) is 6.60. The first-order valence-corrected chi connectivity index (χ1v) is 8.80. The molecule has 0 spiro atoms. The molecule has 1 saturated carbocycles. The fraction of sp³-hybridized carbons (Fsp3) is 0.625. The van der Waals surface area contributed by atoms with Gasteiger partial charge in [-0.25, -0.2) is 4.98 Å². The van der Waals surface area contributed by atoms with Gasteiger partial charge in [-0.3, -0.25) is 0 Å². The van der Waals surface area contributed by atoms with Crippen LogP contribution in [-0.2, 0) is 0 Å². The molecular formula is C16H24N4S. The summed E-state index contributed by atoms with van der Waals surface area (Å²) in [6.07, 6.45) is 9.30. The number of thiophene rings is 1. The van der Waals surface area contributed by atoms with Gasteiger partial charge in [0.1, 0.15) is 10.6 Å². The predicted molar refractivity (Wildman–Crippen MR) is 91.4 cm³/mol. The summed E-state index contributed by atoms with van der Waals surface area (Å²) >= 11 is 1.73. The zero-order valence-corrected chi connectivity index (χ0v) is 13.7. The summed E-state index contributed by atoms with van der Waals surface area (Å²) in [6.45, 7) is 2.13. The maximum Gasteiger partial charge on any atom is 0.225 e. The molecule has 1 fully saturated rings. The minimum absolute atomic E-state index is 0.549. The largest absolute Gasteiger partial charge is 0.367 e. The van der Waals surface area contributed by atoms with Crippen molar-refractivity contribution in [3.63, 3.8) is 0 Å². The van der Waals surface area contributed by atoms with Crippen molar-refractivity contribution >= 4 is 33.3 Å². The molecule has 0 aliphatic heterocycles. The highest BCUT2D eigenvalue weighted by Crippen LogP contribution is 2.31. The highest BCUT2D eigenvalue weighted by molar-refractivity contribution is 7.18. The predicted octanol–water partition coefficient (Wildman–Crippen LogP) is 4.57. The fourth-order valence-corrected chi connectivity index (χ4v) is 3.94. The van der Waals surface area contributed by atoms with E-state index in [9.17, 15) is 0 Å².